The largest absolute Gasteiger partial charge is 0.481 e. The molecule has 1 N–H and O–H groups in total. The molecule has 0 amide bonds. The highest BCUT2D eigenvalue weighted by Gasteiger charge is 2.26. The Balaban J connectivity index is 1.73. The normalized spacial score (nSPS) is 24.8. The highest BCUT2D eigenvalue weighted by Crippen LogP contribution is 2.26. The molecule has 0 aliphatic heterocycles. The zero-order valence-electron chi connectivity index (χ0n) is 9.87. The summed E-state index contributed by atoms with van der Waals surface area (Å²) in [4.78, 5) is 10.8. The van der Waals surface area contributed by atoms with Crippen LogP contribution in [0.25, 0.3) is 0 Å². The van der Waals surface area contributed by atoms with Gasteiger partial charge in [0.2, 0.25) is 0 Å². The number of hydrogen-bond acceptors (Lipinski definition) is 4. The van der Waals surface area contributed by atoms with E-state index < -0.39 is 5.97 Å². The number of carboxylic acids is 1. The average molecular weight is 239 g/mol. The predicted octanol–water partition coefficient (Wildman–Crippen LogP) is 0.975. The van der Waals surface area contributed by atoms with Crippen LogP contribution in [-0.2, 0) is 23.2 Å². The van der Waals surface area contributed by atoms with Crippen LogP contribution < -0.4 is 0 Å². The lowest BCUT2D eigenvalue weighted by molar-refractivity contribution is -0.143. The Bertz CT molecular complexity index is 383. The summed E-state index contributed by atoms with van der Waals surface area (Å²) in [6.45, 7) is 0.455. The second-order valence-electron chi connectivity index (χ2n) is 4.51. The SMILES string of the molecule is Cn1cc(COC2CCC(C(=O)O)CC2)nn1. The van der Waals surface area contributed by atoms with Crippen molar-refractivity contribution < 1.29 is 14.6 Å². The zero-order valence-corrected chi connectivity index (χ0v) is 9.87. The van der Waals surface area contributed by atoms with Crippen molar-refractivity contribution in [1.82, 2.24) is 15.0 Å². The summed E-state index contributed by atoms with van der Waals surface area (Å²) >= 11 is 0. The summed E-state index contributed by atoms with van der Waals surface area (Å²) in [7, 11) is 1.81. The highest BCUT2D eigenvalue weighted by molar-refractivity contribution is 5.70. The van der Waals surface area contributed by atoms with Gasteiger partial charge in [0.05, 0.1) is 24.8 Å². The van der Waals surface area contributed by atoms with Gasteiger partial charge in [-0.2, -0.15) is 0 Å². The fourth-order valence-corrected chi connectivity index (χ4v) is 2.14. The number of rotatable bonds is 4. The number of hydrogen-bond donors (Lipinski definition) is 1. The van der Waals surface area contributed by atoms with E-state index in [-0.39, 0.29) is 12.0 Å². The number of nitrogens with zero attached hydrogens (tertiary/aromatic N) is 3. The molecule has 1 aromatic heterocycles. The van der Waals surface area contributed by atoms with Gasteiger partial charge in [-0.25, -0.2) is 0 Å². The first-order chi connectivity index (χ1) is 8.15. The van der Waals surface area contributed by atoms with E-state index in [4.69, 9.17) is 9.84 Å². The van der Waals surface area contributed by atoms with Gasteiger partial charge in [0.15, 0.2) is 0 Å². The van der Waals surface area contributed by atoms with Crippen molar-refractivity contribution in [2.45, 2.75) is 38.4 Å². The Morgan fingerprint density at radius 3 is 2.76 bits per heavy atom. The predicted molar refractivity (Wildman–Crippen MR) is 59.2 cm³/mol. The number of carboxylic acid groups (broad SMARTS) is 1. The van der Waals surface area contributed by atoms with Crippen LogP contribution in [0.5, 0.6) is 0 Å². The van der Waals surface area contributed by atoms with Crippen molar-refractivity contribution in [3.8, 4) is 0 Å². The first-order valence-corrected chi connectivity index (χ1v) is 5.85. The van der Waals surface area contributed by atoms with Crippen molar-refractivity contribution in [3.63, 3.8) is 0 Å². The van der Waals surface area contributed by atoms with Crippen LogP contribution in [0, 0.1) is 5.92 Å². The van der Waals surface area contributed by atoms with Crippen LogP contribution in [0.1, 0.15) is 31.4 Å². The first kappa shape index (κ1) is 12.0. The van der Waals surface area contributed by atoms with Gasteiger partial charge in [-0.15, -0.1) is 5.10 Å². The Labute approximate surface area is 99.6 Å². The lowest BCUT2D eigenvalue weighted by Crippen LogP contribution is -2.25. The quantitative estimate of drug-likeness (QED) is 0.847. The number of aliphatic carboxylic acids is 1. The van der Waals surface area contributed by atoms with Gasteiger partial charge >= 0.3 is 5.97 Å². The lowest BCUT2D eigenvalue weighted by atomic mass is 9.87. The van der Waals surface area contributed by atoms with Crippen molar-refractivity contribution in [2.75, 3.05) is 0 Å². The number of aryl methyl sites for hydroxylation is 1. The van der Waals surface area contributed by atoms with Crippen molar-refractivity contribution in [1.29, 1.82) is 0 Å². The molecular formula is C11H17N3O3. The Morgan fingerprint density at radius 2 is 2.24 bits per heavy atom. The minimum atomic E-state index is -0.683. The smallest absolute Gasteiger partial charge is 0.306 e. The summed E-state index contributed by atoms with van der Waals surface area (Å²) in [5.41, 5.74) is 0.813. The molecule has 6 nitrogen and oxygen atoms in total. The second-order valence-corrected chi connectivity index (χ2v) is 4.51. The van der Waals surface area contributed by atoms with E-state index in [0.29, 0.717) is 19.4 Å². The molecule has 0 spiro atoms. The maximum Gasteiger partial charge on any atom is 0.306 e. The van der Waals surface area contributed by atoms with E-state index in [1.165, 1.54) is 0 Å². The van der Waals surface area contributed by atoms with Gasteiger partial charge in [0, 0.05) is 7.05 Å². The summed E-state index contributed by atoms with van der Waals surface area (Å²) in [6.07, 6.45) is 5.03. The van der Waals surface area contributed by atoms with Gasteiger partial charge < -0.3 is 9.84 Å². The summed E-state index contributed by atoms with van der Waals surface area (Å²) in [5.74, 6) is -0.872. The maximum atomic E-state index is 10.8. The third kappa shape index (κ3) is 3.26. The van der Waals surface area contributed by atoms with Crippen LogP contribution >= 0.6 is 0 Å². The molecule has 1 heterocycles. The fraction of sp³-hybridized carbons (Fsp3) is 0.727. The Kier molecular flexibility index (Phi) is 3.73. The molecule has 1 fully saturated rings. The zero-order chi connectivity index (χ0) is 12.3. The molecule has 1 aromatic rings. The molecule has 1 saturated carbocycles. The number of aromatic nitrogens is 3. The first-order valence-electron chi connectivity index (χ1n) is 5.85. The fourth-order valence-electron chi connectivity index (χ4n) is 2.14. The van der Waals surface area contributed by atoms with E-state index >= 15 is 0 Å². The Hall–Kier alpha value is -1.43. The second kappa shape index (κ2) is 5.27. The number of ether oxygens (including phenoxy) is 1. The monoisotopic (exact) mass is 239 g/mol. The Morgan fingerprint density at radius 1 is 1.53 bits per heavy atom. The van der Waals surface area contributed by atoms with Gasteiger partial charge in [-0.05, 0) is 25.7 Å². The molecule has 0 radical (unpaired) electrons. The van der Waals surface area contributed by atoms with E-state index in [1.54, 1.807) is 4.68 Å². The third-order valence-electron chi connectivity index (χ3n) is 3.14. The average Bonchev–Trinajstić information content (AvgIpc) is 2.73. The van der Waals surface area contributed by atoms with Crippen LogP contribution in [0.2, 0.25) is 0 Å². The molecule has 0 saturated heterocycles. The van der Waals surface area contributed by atoms with Crippen LogP contribution in [0.4, 0.5) is 0 Å². The van der Waals surface area contributed by atoms with E-state index in [0.717, 1.165) is 18.5 Å². The molecule has 2 rings (SSSR count). The molecule has 0 aromatic carbocycles. The van der Waals surface area contributed by atoms with Gasteiger partial charge in [0.1, 0.15) is 5.69 Å². The minimum Gasteiger partial charge on any atom is -0.481 e. The van der Waals surface area contributed by atoms with Gasteiger partial charge in [0.25, 0.3) is 0 Å². The van der Waals surface area contributed by atoms with Crippen LogP contribution in [0.3, 0.4) is 0 Å². The molecule has 17 heavy (non-hydrogen) atoms. The van der Waals surface area contributed by atoms with E-state index in [1.807, 2.05) is 13.2 Å². The summed E-state index contributed by atoms with van der Waals surface area (Å²) in [5, 5.41) is 16.6. The van der Waals surface area contributed by atoms with Crippen molar-refractivity contribution in [3.05, 3.63) is 11.9 Å². The molecule has 6 heteroatoms. The molecule has 94 valence electrons. The summed E-state index contributed by atoms with van der Waals surface area (Å²) < 4.78 is 7.34. The minimum absolute atomic E-state index is 0.160. The summed E-state index contributed by atoms with van der Waals surface area (Å²) in [6, 6.07) is 0. The third-order valence-corrected chi connectivity index (χ3v) is 3.14. The molecule has 1 aliphatic carbocycles. The topological polar surface area (TPSA) is 77.2 Å². The highest BCUT2D eigenvalue weighted by atomic mass is 16.5. The molecule has 1 aliphatic rings. The molecule has 0 atom stereocenters. The maximum absolute atomic E-state index is 10.8. The van der Waals surface area contributed by atoms with Gasteiger partial charge in [-0.1, -0.05) is 5.21 Å². The molecular weight excluding hydrogens is 222 g/mol. The van der Waals surface area contributed by atoms with Crippen molar-refractivity contribution in [2.24, 2.45) is 13.0 Å². The molecule has 0 bridgehead atoms. The van der Waals surface area contributed by atoms with Gasteiger partial charge in [-0.3, -0.25) is 9.48 Å². The lowest BCUT2D eigenvalue weighted by Gasteiger charge is -2.25. The van der Waals surface area contributed by atoms with Crippen LogP contribution in [-0.4, -0.2) is 32.2 Å². The molecule has 0 unspecified atom stereocenters. The van der Waals surface area contributed by atoms with E-state index in [2.05, 4.69) is 10.3 Å². The van der Waals surface area contributed by atoms with E-state index in [9.17, 15) is 4.79 Å². The van der Waals surface area contributed by atoms with Crippen molar-refractivity contribution >= 4 is 5.97 Å². The standard InChI is InChI=1S/C11H17N3O3/c1-14-6-9(12-13-14)7-17-10-4-2-8(3-5-10)11(15)16/h6,8,10H,2-5,7H2,1H3,(H,15,16). The number of carbonyl (C=O) groups is 1. The van der Waals surface area contributed by atoms with Crippen LogP contribution in [0.15, 0.2) is 6.20 Å².